The Morgan fingerprint density at radius 1 is 1.60 bits per heavy atom. The largest absolute Gasteiger partial charge is 0.495 e. The molecule has 1 aromatic heterocycles. The third kappa shape index (κ3) is 3.06. The zero-order chi connectivity index (χ0) is 11.3. The summed E-state index contributed by atoms with van der Waals surface area (Å²) in [7, 11) is 3.35. The molecule has 0 bridgehead atoms. The second-order valence-corrected chi connectivity index (χ2v) is 3.62. The lowest BCUT2D eigenvalue weighted by Gasteiger charge is -2.04. The van der Waals surface area contributed by atoms with Crippen LogP contribution in [-0.4, -0.2) is 24.9 Å². The van der Waals surface area contributed by atoms with Gasteiger partial charge in [0.15, 0.2) is 0 Å². The Bertz CT molecular complexity index is 390. The van der Waals surface area contributed by atoms with Crippen LogP contribution in [0.2, 0.25) is 0 Å². The topological polar surface area (TPSA) is 58.0 Å². The highest BCUT2D eigenvalue weighted by molar-refractivity contribution is 9.12. The third-order valence-corrected chi connectivity index (χ3v) is 2.37. The molecule has 80 valence electrons. The number of methoxy groups -OCH3 is 1. The number of ether oxygens (including phenoxy) is 1. The summed E-state index contributed by atoms with van der Waals surface area (Å²) in [6.45, 7) is 0. The van der Waals surface area contributed by atoms with Crippen LogP contribution in [0.1, 0.15) is 5.56 Å². The van der Waals surface area contributed by atoms with E-state index in [1.54, 1.807) is 38.8 Å². The van der Waals surface area contributed by atoms with Gasteiger partial charge in [-0.25, -0.2) is 0 Å². The summed E-state index contributed by atoms with van der Waals surface area (Å²) < 4.78 is 5.70. The first-order valence-corrected chi connectivity index (χ1v) is 5.09. The molecule has 0 aliphatic rings. The predicted octanol–water partition coefficient (Wildman–Crippen LogP) is 1.91. The van der Waals surface area contributed by atoms with E-state index < -0.39 is 0 Å². The number of aromatic nitrogens is 1. The van der Waals surface area contributed by atoms with Gasteiger partial charge in [0.25, 0.3) is 0 Å². The molecule has 1 heterocycles. The van der Waals surface area contributed by atoms with Crippen LogP contribution in [0.3, 0.4) is 0 Å². The highest BCUT2D eigenvalue weighted by Crippen LogP contribution is 2.16. The lowest BCUT2D eigenvalue weighted by atomic mass is 10.2. The molecular formula is C10H12BrN3O. The molecule has 1 aromatic rings. The summed E-state index contributed by atoms with van der Waals surface area (Å²) in [5.41, 5.74) is 1.06. The van der Waals surface area contributed by atoms with Crippen molar-refractivity contribution in [3.05, 3.63) is 34.7 Å². The van der Waals surface area contributed by atoms with Crippen molar-refractivity contribution in [1.82, 2.24) is 10.3 Å². The molecule has 5 heteroatoms. The van der Waals surface area contributed by atoms with Crippen molar-refractivity contribution in [2.45, 2.75) is 0 Å². The average molecular weight is 270 g/mol. The molecule has 0 radical (unpaired) electrons. The first-order chi connectivity index (χ1) is 7.19. The molecule has 2 N–H and O–H groups in total. The molecule has 0 unspecified atom stereocenters. The summed E-state index contributed by atoms with van der Waals surface area (Å²) in [4.78, 5) is 3.98. The smallest absolute Gasteiger partial charge is 0.137 e. The number of halogens is 1. The van der Waals surface area contributed by atoms with Crippen LogP contribution in [0.5, 0.6) is 5.75 Å². The van der Waals surface area contributed by atoms with Gasteiger partial charge in [-0.1, -0.05) is 0 Å². The molecule has 0 saturated heterocycles. The van der Waals surface area contributed by atoms with Gasteiger partial charge in [-0.2, -0.15) is 0 Å². The number of nitrogens with zero attached hydrogens (tertiary/aromatic N) is 1. The van der Waals surface area contributed by atoms with Crippen LogP contribution in [-0.2, 0) is 0 Å². The Hall–Kier alpha value is -1.36. The minimum Gasteiger partial charge on any atom is -0.495 e. The molecule has 0 amide bonds. The maximum absolute atomic E-state index is 7.86. The summed E-state index contributed by atoms with van der Waals surface area (Å²) in [5, 5.41) is 10.7. The molecule has 0 saturated carbocycles. The fourth-order valence-electron chi connectivity index (χ4n) is 1.00. The molecule has 0 atom stereocenters. The minimum atomic E-state index is 0.357. The van der Waals surface area contributed by atoms with Gasteiger partial charge in [-0.15, -0.1) is 0 Å². The molecule has 15 heavy (non-hydrogen) atoms. The Kier molecular flexibility index (Phi) is 4.30. The summed E-state index contributed by atoms with van der Waals surface area (Å²) in [6, 6.07) is 1.76. The summed E-state index contributed by atoms with van der Waals surface area (Å²) >= 11 is 3.29. The highest BCUT2D eigenvalue weighted by atomic mass is 79.9. The zero-order valence-corrected chi connectivity index (χ0v) is 10.1. The van der Waals surface area contributed by atoms with E-state index in [-0.39, 0.29) is 0 Å². The second-order valence-electron chi connectivity index (χ2n) is 2.77. The first-order valence-electron chi connectivity index (χ1n) is 4.30. The molecule has 0 spiro atoms. The zero-order valence-electron chi connectivity index (χ0n) is 8.54. The molecule has 1 rings (SSSR count). The summed E-state index contributed by atoms with van der Waals surface area (Å²) in [5.74, 6) is 0.641. The quantitative estimate of drug-likeness (QED) is 0.822. The van der Waals surface area contributed by atoms with Crippen molar-refractivity contribution in [1.29, 1.82) is 5.41 Å². The Labute approximate surface area is 97.0 Å². The normalized spacial score (nSPS) is 11.0. The predicted molar refractivity (Wildman–Crippen MR) is 63.7 cm³/mol. The van der Waals surface area contributed by atoms with Crippen LogP contribution in [0.25, 0.3) is 0 Å². The van der Waals surface area contributed by atoms with Crippen LogP contribution >= 0.6 is 15.9 Å². The minimum absolute atomic E-state index is 0.357. The van der Waals surface area contributed by atoms with Crippen molar-refractivity contribution in [3.8, 4) is 5.75 Å². The number of hydrogen-bond donors (Lipinski definition) is 2. The fraction of sp³-hybridized carbons (Fsp3) is 0.200. The van der Waals surface area contributed by atoms with Gasteiger partial charge in [-0.3, -0.25) is 10.4 Å². The van der Waals surface area contributed by atoms with Crippen LogP contribution in [0, 0.1) is 5.41 Å². The Morgan fingerprint density at radius 3 is 2.93 bits per heavy atom. The maximum Gasteiger partial charge on any atom is 0.137 e. The number of allylic oxidation sites excluding steroid dienone is 1. The van der Waals surface area contributed by atoms with Gasteiger partial charge < -0.3 is 10.1 Å². The van der Waals surface area contributed by atoms with Gasteiger partial charge in [0, 0.05) is 25.0 Å². The molecular weight excluding hydrogens is 258 g/mol. The van der Waals surface area contributed by atoms with Gasteiger partial charge in [0.2, 0.25) is 0 Å². The lowest BCUT2D eigenvalue weighted by molar-refractivity contribution is 0.413. The van der Waals surface area contributed by atoms with Crippen molar-refractivity contribution >= 4 is 21.6 Å². The van der Waals surface area contributed by atoms with Gasteiger partial charge >= 0.3 is 0 Å². The van der Waals surface area contributed by atoms with E-state index in [4.69, 9.17) is 10.1 Å². The van der Waals surface area contributed by atoms with Crippen LogP contribution < -0.4 is 10.1 Å². The number of nitrogens with one attached hydrogen (secondary N) is 2. The van der Waals surface area contributed by atoms with E-state index >= 15 is 0 Å². The lowest BCUT2D eigenvalue weighted by Crippen LogP contribution is -2.04. The molecule has 0 aliphatic heterocycles. The number of hydrogen-bond acceptors (Lipinski definition) is 4. The van der Waals surface area contributed by atoms with Crippen molar-refractivity contribution in [2.75, 3.05) is 14.2 Å². The number of pyridine rings is 1. The van der Waals surface area contributed by atoms with E-state index in [1.807, 2.05) is 0 Å². The van der Waals surface area contributed by atoms with Crippen LogP contribution in [0.4, 0.5) is 0 Å². The SMILES string of the molecule is CN/C=C(/Br)C(=N)c1cncc(OC)c1. The van der Waals surface area contributed by atoms with Crippen molar-refractivity contribution in [2.24, 2.45) is 0 Å². The monoisotopic (exact) mass is 269 g/mol. The Morgan fingerprint density at radius 2 is 2.33 bits per heavy atom. The van der Waals surface area contributed by atoms with E-state index in [9.17, 15) is 0 Å². The van der Waals surface area contributed by atoms with Crippen LogP contribution in [0.15, 0.2) is 29.1 Å². The van der Waals surface area contributed by atoms with E-state index in [2.05, 4.69) is 26.2 Å². The van der Waals surface area contributed by atoms with E-state index in [0.717, 1.165) is 0 Å². The molecule has 0 aromatic carbocycles. The Balaban J connectivity index is 2.96. The summed E-state index contributed by atoms with van der Waals surface area (Å²) in [6.07, 6.45) is 4.92. The van der Waals surface area contributed by atoms with E-state index in [1.165, 1.54) is 0 Å². The van der Waals surface area contributed by atoms with Crippen molar-refractivity contribution < 1.29 is 4.74 Å². The van der Waals surface area contributed by atoms with E-state index in [0.29, 0.717) is 21.5 Å². The fourth-order valence-corrected chi connectivity index (χ4v) is 1.46. The van der Waals surface area contributed by atoms with Gasteiger partial charge in [0.05, 0.1) is 23.5 Å². The first kappa shape index (κ1) is 11.7. The highest BCUT2D eigenvalue weighted by Gasteiger charge is 2.06. The molecule has 0 aliphatic carbocycles. The maximum atomic E-state index is 7.86. The second kappa shape index (κ2) is 5.50. The molecule has 0 fully saturated rings. The van der Waals surface area contributed by atoms with Gasteiger partial charge in [-0.05, 0) is 22.0 Å². The average Bonchev–Trinajstić information content (AvgIpc) is 2.28. The third-order valence-electron chi connectivity index (χ3n) is 1.75. The van der Waals surface area contributed by atoms with Crippen molar-refractivity contribution in [3.63, 3.8) is 0 Å². The standard InChI is InChI=1S/C10H12BrN3O/c1-13-6-9(11)10(12)7-3-8(15-2)5-14-4-7/h3-6,12-13H,1-2H3/b9-6+,12-10?. The molecule has 4 nitrogen and oxygen atoms in total. The van der Waals surface area contributed by atoms with Gasteiger partial charge in [0.1, 0.15) is 5.75 Å². The number of rotatable bonds is 4.